The highest BCUT2D eigenvalue weighted by Gasteiger charge is 2.35. The molecule has 0 spiro atoms. The Bertz CT molecular complexity index is 7100. The van der Waals surface area contributed by atoms with E-state index in [1.165, 1.54) is 96.5 Å². The van der Waals surface area contributed by atoms with Crippen LogP contribution in [-0.2, 0) is 14.8 Å². The number of hydrogen-bond acceptors (Lipinski definition) is 25. The number of pyridine rings is 8. The van der Waals surface area contributed by atoms with E-state index in [1.54, 1.807) is 28.8 Å². The van der Waals surface area contributed by atoms with Crippen LogP contribution < -0.4 is 26.6 Å². The summed E-state index contributed by atoms with van der Waals surface area (Å²) in [6.45, 7) is 15.4. The number of carbonyl (C=O) groups is 2. The number of nitrogens with one attached hydrogen (secondary N) is 5. The molecular formula is C102H109N21O4S5. The number of urea groups is 1. The van der Waals surface area contributed by atoms with Gasteiger partial charge in [-0.3, -0.25) is 24.7 Å². The Kier molecular flexibility index (Phi) is 25.0. The van der Waals surface area contributed by atoms with Gasteiger partial charge >= 0.3 is 6.03 Å². The smallest absolute Gasteiger partial charge is 0.317 e. The first kappa shape index (κ1) is 87.2. The number of fused-ring (bicyclic) bond motifs is 8. The predicted octanol–water partition coefficient (Wildman–Crippen LogP) is 23.2. The van der Waals surface area contributed by atoms with E-state index >= 15 is 0 Å². The second-order valence-electron chi connectivity index (χ2n) is 37.0. The summed E-state index contributed by atoms with van der Waals surface area (Å²) in [7, 11) is -3.15. The fourth-order valence-corrected chi connectivity index (χ4v) is 24.2. The molecule has 0 bridgehead atoms. The summed E-state index contributed by atoms with van der Waals surface area (Å²) < 4.78 is 30.2. The van der Waals surface area contributed by atoms with Gasteiger partial charge in [0.1, 0.15) is 23.3 Å². The van der Waals surface area contributed by atoms with Crippen molar-refractivity contribution < 1.29 is 18.0 Å². The largest absolute Gasteiger partial charge is 0.343 e. The van der Waals surface area contributed by atoms with Gasteiger partial charge in [-0.05, 0) is 282 Å². The zero-order chi connectivity index (χ0) is 89.7. The molecule has 0 radical (unpaired) electrons. The maximum atomic E-state index is 12.3. The normalized spacial score (nSPS) is 17.5. The SMILES string of the molecule is CC(=O)N1CCC(c2cc3ncccc3c(Nc3ccc4nc(C5CC5)sc4c3)n2)CC1.CC(C)N1CCC(c2cc3ncccc3c(Nc3ccc4nc(C5CC5)sc4c3)n2)CC1.CCCNC(=O)N1CCC(c2cc3ncccc3c(Nc3ccc4nc(C5CC5)sc4c3)n2)CC1.CS(=O)(=O)N1CCC(c2cc3ncccc3c(Nc3ccc4nc(C5CC5)sc4c3)n2)CC1. The Morgan fingerprint density at radius 2 is 0.652 bits per heavy atom. The van der Waals surface area contributed by atoms with Gasteiger partial charge in [-0.1, -0.05) is 6.92 Å². The van der Waals surface area contributed by atoms with E-state index in [-0.39, 0.29) is 17.9 Å². The Balaban J connectivity index is 0.000000106. The van der Waals surface area contributed by atoms with Crippen molar-refractivity contribution in [3.8, 4) is 0 Å². The zero-order valence-electron chi connectivity index (χ0n) is 75.1. The van der Waals surface area contributed by atoms with Crippen molar-refractivity contribution >= 4 is 198 Å². The molecule has 12 aromatic heterocycles. The maximum absolute atomic E-state index is 12.3. The molecule has 676 valence electrons. The number of carbonyl (C=O) groups excluding carboxylic acids is 2. The maximum Gasteiger partial charge on any atom is 0.317 e. The molecule has 16 heterocycles. The molecule has 0 atom stereocenters. The number of nitrogens with zero attached hydrogens (tertiary/aromatic N) is 16. The second kappa shape index (κ2) is 37.9. The molecule has 4 aliphatic heterocycles. The lowest BCUT2D eigenvalue weighted by molar-refractivity contribution is -0.129. The Hall–Kier alpha value is -11.5. The van der Waals surface area contributed by atoms with Crippen molar-refractivity contribution in [3.63, 3.8) is 0 Å². The molecule has 0 unspecified atom stereocenters. The summed E-state index contributed by atoms with van der Waals surface area (Å²) in [6.07, 6.45) is 27.2. The fraction of sp³-hybridized carbons (Fsp3) is 0.392. The highest BCUT2D eigenvalue weighted by molar-refractivity contribution is 7.88. The first-order chi connectivity index (χ1) is 64.4. The molecule has 4 aliphatic carbocycles. The molecule has 16 aromatic rings. The van der Waals surface area contributed by atoms with Crippen molar-refractivity contribution in [3.05, 3.63) is 213 Å². The van der Waals surface area contributed by atoms with Gasteiger partial charge in [0, 0.05) is 198 Å². The third-order valence-corrected chi connectivity index (χ3v) is 33.0. The first-order valence-corrected chi connectivity index (χ1v) is 52.2. The molecule has 8 fully saturated rings. The number of amides is 3. The van der Waals surface area contributed by atoms with Crippen LogP contribution >= 0.6 is 45.3 Å². The van der Waals surface area contributed by atoms with Gasteiger partial charge in [0.05, 0.1) is 89.2 Å². The van der Waals surface area contributed by atoms with E-state index in [1.807, 2.05) is 92.7 Å². The fourth-order valence-electron chi connectivity index (χ4n) is 18.6. The molecule has 4 saturated heterocycles. The molecule has 132 heavy (non-hydrogen) atoms. The van der Waals surface area contributed by atoms with Gasteiger partial charge in [-0.2, -0.15) is 0 Å². The average molecular weight is 1850 g/mol. The van der Waals surface area contributed by atoms with Crippen LogP contribution in [0.15, 0.2) is 170 Å². The van der Waals surface area contributed by atoms with Crippen LogP contribution in [0.4, 0.5) is 50.8 Å². The van der Waals surface area contributed by atoms with E-state index < -0.39 is 10.0 Å². The van der Waals surface area contributed by atoms with Gasteiger partial charge in [-0.15, -0.1) is 45.3 Å². The van der Waals surface area contributed by atoms with Crippen molar-refractivity contribution in [1.82, 2.24) is 84.1 Å². The summed E-state index contributed by atoms with van der Waals surface area (Å²) in [4.78, 5) is 88.4. The molecular weight excluding hydrogens is 1740 g/mol. The van der Waals surface area contributed by atoms with Crippen molar-refractivity contribution in [2.45, 2.75) is 190 Å². The summed E-state index contributed by atoms with van der Waals surface area (Å²) >= 11 is 7.24. The lowest BCUT2D eigenvalue weighted by Crippen LogP contribution is -2.44. The van der Waals surface area contributed by atoms with Crippen LogP contribution in [0.2, 0.25) is 0 Å². The lowest BCUT2D eigenvalue weighted by atomic mass is 9.92. The second-order valence-corrected chi connectivity index (χ2v) is 43.2. The number of likely N-dealkylation sites (tertiary alicyclic amines) is 3. The molecule has 3 amide bonds. The van der Waals surface area contributed by atoms with E-state index in [0.717, 1.165) is 238 Å². The standard InChI is InChI=1S/C27H30N6OS.C26H29N5S.C25H25N5OS.C24H25N5O2S2/c1-2-11-29-27(34)33-13-9-17(10-14-33)22-16-23-20(4-3-12-28-23)25(31-22)30-19-7-8-21-24(15-19)35-26(32-21)18-5-6-18;1-16(2)31-12-9-17(10-13-31)22-15-23-20(4-3-11-27-23)25(29-22)28-19-7-8-21-24(14-19)32-26(30-21)18-5-6-18;1-15(31)30-11-8-16(9-12-30)21-14-22-19(3-2-10-26-22)24(28-21)27-18-6-7-20-23(13-18)32-25(29-20)17-4-5-17;1-33(30,31)29-11-8-15(9-12-29)20-14-21-18(3-2-10-25-21)23(27-20)26-17-6-7-19-22(13-17)32-24(28-19)16-4-5-16/h3-4,7-8,12,15-18H,2,5-6,9-11,13-14H2,1H3,(H,29,34)(H,30,31);3-4,7-8,11,14-18H,5-6,9-10,12-13H2,1-2H3,(H,28,29);2-3,6-7,10,13-14,16-17H,4-5,8-9,11-12H2,1H3,(H,27,28);2-3,6-7,10,13-16H,4-5,8-9,11-12H2,1H3,(H,26,27). The third-order valence-electron chi connectivity index (χ3n) is 27.0. The highest BCUT2D eigenvalue weighted by atomic mass is 32.2. The molecule has 24 rings (SSSR count). The minimum Gasteiger partial charge on any atom is -0.343 e. The molecule has 25 nitrogen and oxygen atoms in total. The van der Waals surface area contributed by atoms with Gasteiger partial charge in [-0.25, -0.2) is 57.4 Å². The molecule has 4 aromatic carbocycles. The number of rotatable bonds is 20. The summed E-state index contributed by atoms with van der Waals surface area (Å²) in [5.41, 5.74) is 16.4. The number of aromatic nitrogens is 12. The lowest BCUT2D eigenvalue weighted by Gasteiger charge is -2.34. The van der Waals surface area contributed by atoms with Crippen LogP contribution in [0, 0.1) is 0 Å². The highest BCUT2D eigenvalue weighted by Crippen LogP contribution is 2.49. The molecule has 8 aliphatic rings. The molecule has 5 N–H and O–H groups in total. The van der Waals surface area contributed by atoms with Crippen LogP contribution in [0.3, 0.4) is 0 Å². The number of thiazole rings is 4. The predicted molar refractivity (Wildman–Crippen MR) is 536 cm³/mol. The molecule has 30 heteroatoms. The molecule has 4 saturated carbocycles. The number of sulfonamides is 1. The summed E-state index contributed by atoms with van der Waals surface area (Å²) in [6, 6.07) is 50.7. The topological polar surface area (TPSA) is 296 Å². The van der Waals surface area contributed by atoms with E-state index in [0.29, 0.717) is 60.6 Å². The Labute approximate surface area is 784 Å². The van der Waals surface area contributed by atoms with Crippen LogP contribution in [0.5, 0.6) is 0 Å². The quantitative estimate of drug-likeness (QED) is 0.0474. The number of piperidine rings is 4. The van der Waals surface area contributed by atoms with Crippen molar-refractivity contribution in [2.24, 2.45) is 0 Å². The van der Waals surface area contributed by atoms with Gasteiger partial charge in [0.15, 0.2) is 0 Å². The van der Waals surface area contributed by atoms with Gasteiger partial charge in [0.25, 0.3) is 0 Å². The Morgan fingerprint density at radius 1 is 0.364 bits per heavy atom. The van der Waals surface area contributed by atoms with Gasteiger partial charge < -0.3 is 41.3 Å². The first-order valence-electron chi connectivity index (χ1n) is 47.1. The average Bonchev–Trinajstić information content (AvgIpc) is 1.53. The number of hydrogen-bond donors (Lipinski definition) is 5. The number of benzene rings is 4. The number of anilines is 8. The third kappa shape index (κ3) is 19.9. The minimum atomic E-state index is -3.15. The minimum absolute atomic E-state index is 0.0455. The van der Waals surface area contributed by atoms with Crippen LogP contribution in [-0.4, -0.2) is 170 Å². The van der Waals surface area contributed by atoms with E-state index in [9.17, 15) is 18.0 Å². The van der Waals surface area contributed by atoms with Gasteiger partial charge in [0.2, 0.25) is 15.9 Å². The summed E-state index contributed by atoms with van der Waals surface area (Å²) in [5, 5.41) is 26.4. The Morgan fingerprint density at radius 3 is 0.924 bits per heavy atom. The van der Waals surface area contributed by atoms with E-state index in [4.69, 9.17) is 39.9 Å². The van der Waals surface area contributed by atoms with Crippen LogP contribution in [0.1, 0.15) is 227 Å². The van der Waals surface area contributed by atoms with E-state index in [2.05, 4.69) is 187 Å². The van der Waals surface area contributed by atoms with Crippen molar-refractivity contribution in [2.75, 3.05) is 86.4 Å². The van der Waals surface area contributed by atoms with Crippen molar-refractivity contribution in [1.29, 1.82) is 0 Å². The van der Waals surface area contributed by atoms with Crippen LogP contribution in [0.25, 0.3) is 84.5 Å². The monoisotopic (exact) mass is 1850 g/mol. The summed E-state index contributed by atoms with van der Waals surface area (Å²) in [5.74, 6) is 7.55. The zero-order valence-corrected chi connectivity index (χ0v) is 79.2.